The van der Waals surface area contributed by atoms with Crippen LogP contribution in [0.4, 0.5) is 10.1 Å². The highest BCUT2D eigenvalue weighted by molar-refractivity contribution is 7.92. The number of anilines is 1. The summed E-state index contributed by atoms with van der Waals surface area (Å²) in [6.45, 7) is 1.37. The molecule has 1 amide bonds. The molecule has 2 aromatic rings. The zero-order chi connectivity index (χ0) is 20.9. The molecule has 11 heteroatoms. The Morgan fingerprint density at radius 1 is 1.07 bits per heavy atom. The van der Waals surface area contributed by atoms with Gasteiger partial charge in [-0.3, -0.25) is 9.52 Å². The molecule has 2 aromatic carbocycles. The van der Waals surface area contributed by atoms with E-state index in [9.17, 15) is 26.0 Å². The lowest BCUT2D eigenvalue weighted by Gasteiger charge is -2.11. The molecule has 0 saturated carbocycles. The van der Waals surface area contributed by atoms with Crippen molar-refractivity contribution >= 4 is 43.1 Å². The van der Waals surface area contributed by atoms with Gasteiger partial charge in [-0.15, -0.1) is 0 Å². The topological polar surface area (TPSA) is 109 Å². The third-order valence-corrected chi connectivity index (χ3v) is 7.14. The van der Waals surface area contributed by atoms with Crippen molar-refractivity contribution < 1.29 is 26.0 Å². The minimum absolute atomic E-state index is 0.0107. The molecule has 0 atom stereocenters. The smallest absolute Gasteiger partial charge is 0.261 e. The lowest BCUT2D eigenvalue weighted by Crippen LogP contribution is -2.30. The van der Waals surface area contributed by atoms with E-state index in [1.165, 1.54) is 31.2 Å². The van der Waals surface area contributed by atoms with Crippen LogP contribution in [0.3, 0.4) is 0 Å². The van der Waals surface area contributed by atoms with E-state index in [4.69, 9.17) is 11.6 Å². The van der Waals surface area contributed by atoms with Gasteiger partial charge in [-0.2, -0.15) is 0 Å². The molecule has 0 unspecified atom stereocenters. The zero-order valence-electron chi connectivity index (χ0n) is 14.8. The standard InChI is InChI=1S/C17H18ClFN2O5S2/c1-2-27(23,24)10-9-20-17(22)15-11-14(7-8-16(15)18)28(25,26)21-13-5-3-12(19)4-6-13/h3-8,11,21H,2,9-10H2,1H3,(H,20,22). The molecular weight excluding hydrogens is 431 g/mol. The van der Waals surface area contributed by atoms with Gasteiger partial charge in [-0.1, -0.05) is 18.5 Å². The van der Waals surface area contributed by atoms with Gasteiger partial charge in [-0.25, -0.2) is 21.2 Å². The Bertz CT molecular complexity index is 1070. The van der Waals surface area contributed by atoms with Crippen LogP contribution < -0.4 is 10.0 Å². The van der Waals surface area contributed by atoms with Gasteiger partial charge < -0.3 is 5.32 Å². The van der Waals surface area contributed by atoms with E-state index in [1.807, 2.05) is 0 Å². The molecule has 0 spiro atoms. The van der Waals surface area contributed by atoms with Gasteiger partial charge in [0.25, 0.3) is 15.9 Å². The van der Waals surface area contributed by atoms with Crippen molar-refractivity contribution in [2.75, 3.05) is 22.8 Å². The maximum atomic E-state index is 13.0. The van der Waals surface area contributed by atoms with Gasteiger partial charge in [0, 0.05) is 18.0 Å². The summed E-state index contributed by atoms with van der Waals surface area (Å²) in [4.78, 5) is 12.0. The Morgan fingerprint density at radius 2 is 1.71 bits per heavy atom. The van der Waals surface area contributed by atoms with Gasteiger partial charge in [0.2, 0.25) is 0 Å². The minimum Gasteiger partial charge on any atom is -0.351 e. The van der Waals surface area contributed by atoms with Crippen molar-refractivity contribution in [1.82, 2.24) is 5.32 Å². The predicted molar refractivity (Wildman–Crippen MR) is 105 cm³/mol. The molecule has 2 rings (SSSR count). The van der Waals surface area contributed by atoms with Crippen LogP contribution in [0.25, 0.3) is 0 Å². The molecule has 0 aliphatic heterocycles. The maximum absolute atomic E-state index is 13.0. The normalized spacial score (nSPS) is 11.8. The number of rotatable bonds is 8. The van der Waals surface area contributed by atoms with E-state index < -0.39 is 31.6 Å². The first-order valence-electron chi connectivity index (χ1n) is 8.10. The predicted octanol–water partition coefficient (Wildman–Crippen LogP) is 2.44. The Hall–Kier alpha value is -2.17. The van der Waals surface area contributed by atoms with Crippen molar-refractivity contribution in [3.8, 4) is 0 Å². The first-order chi connectivity index (χ1) is 13.0. The molecule has 0 bridgehead atoms. The van der Waals surface area contributed by atoms with Gasteiger partial charge in [0.1, 0.15) is 5.82 Å². The van der Waals surface area contributed by atoms with E-state index in [1.54, 1.807) is 0 Å². The lowest BCUT2D eigenvalue weighted by molar-refractivity contribution is 0.0956. The van der Waals surface area contributed by atoms with Gasteiger partial charge in [0.05, 0.1) is 21.2 Å². The largest absolute Gasteiger partial charge is 0.351 e. The first-order valence-corrected chi connectivity index (χ1v) is 11.8. The molecule has 0 aliphatic rings. The van der Waals surface area contributed by atoms with E-state index in [0.29, 0.717) is 0 Å². The molecule has 0 fully saturated rings. The quantitative estimate of drug-likeness (QED) is 0.644. The second-order valence-corrected chi connectivity index (χ2v) is 10.3. The fourth-order valence-electron chi connectivity index (χ4n) is 2.14. The third-order valence-electron chi connectivity index (χ3n) is 3.73. The fourth-order valence-corrected chi connectivity index (χ4v) is 4.13. The molecule has 152 valence electrons. The average molecular weight is 449 g/mol. The number of hydrogen-bond acceptors (Lipinski definition) is 5. The molecule has 0 radical (unpaired) electrons. The number of halogens is 2. The first kappa shape index (κ1) is 22.1. The van der Waals surface area contributed by atoms with Crippen LogP contribution in [0.1, 0.15) is 17.3 Å². The highest BCUT2D eigenvalue weighted by Crippen LogP contribution is 2.22. The van der Waals surface area contributed by atoms with Crippen LogP contribution in [0.5, 0.6) is 0 Å². The SMILES string of the molecule is CCS(=O)(=O)CCNC(=O)c1cc(S(=O)(=O)Nc2ccc(F)cc2)ccc1Cl. The number of sulfonamides is 1. The molecule has 7 nitrogen and oxygen atoms in total. The van der Waals surface area contributed by atoms with E-state index in [2.05, 4.69) is 10.0 Å². The summed E-state index contributed by atoms with van der Waals surface area (Å²) < 4.78 is 63.2. The van der Waals surface area contributed by atoms with Crippen molar-refractivity contribution in [2.24, 2.45) is 0 Å². The molecule has 0 saturated heterocycles. The molecule has 0 aliphatic carbocycles. The summed E-state index contributed by atoms with van der Waals surface area (Å²) in [5.41, 5.74) is 0.0321. The highest BCUT2D eigenvalue weighted by Gasteiger charge is 2.19. The van der Waals surface area contributed by atoms with Gasteiger partial charge in [-0.05, 0) is 42.5 Å². The molecule has 0 heterocycles. The van der Waals surface area contributed by atoms with Crippen LogP contribution in [-0.4, -0.2) is 40.8 Å². The number of sulfone groups is 1. The summed E-state index contributed by atoms with van der Waals surface area (Å²) in [6.07, 6.45) is 0. The molecule has 2 N–H and O–H groups in total. The van der Waals surface area contributed by atoms with Gasteiger partial charge >= 0.3 is 0 Å². The van der Waals surface area contributed by atoms with E-state index in [-0.39, 0.29) is 39.2 Å². The van der Waals surface area contributed by atoms with Crippen molar-refractivity contribution in [3.63, 3.8) is 0 Å². The molecule has 0 aromatic heterocycles. The summed E-state index contributed by atoms with van der Waals surface area (Å²) in [7, 11) is -7.31. The number of carbonyl (C=O) groups excluding carboxylic acids is 1. The Morgan fingerprint density at radius 3 is 2.32 bits per heavy atom. The minimum atomic E-state index is -4.05. The second kappa shape index (κ2) is 8.89. The Balaban J connectivity index is 2.19. The number of carbonyl (C=O) groups is 1. The van der Waals surface area contributed by atoms with E-state index in [0.717, 1.165) is 18.2 Å². The van der Waals surface area contributed by atoms with E-state index >= 15 is 0 Å². The summed E-state index contributed by atoms with van der Waals surface area (Å²) >= 11 is 5.98. The summed E-state index contributed by atoms with van der Waals surface area (Å²) in [5, 5.41) is 2.42. The molecular formula is C17H18ClFN2O5S2. The van der Waals surface area contributed by atoms with Crippen LogP contribution in [-0.2, 0) is 19.9 Å². The average Bonchev–Trinajstić information content (AvgIpc) is 2.63. The van der Waals surface area contributed by atoms with Crippen molar-refractivity contribution in [1.29, 1.82) is 0 Å². The molecule has 28 heavy (non-hydrogen) atoms. The fraction of sp³-hybridized carbons (Fsp3) is 0.235. The number of hydrogen-bond donors (Lipinski definition) is 2. The number of benzene rings is 2. The van der Waals surface area contributed by atoms with Crippen molar-refractivity contribution in [3.05, 3.63) is 58.9 Å². The highest BCUT2D eigenvalue weighted by atomic mass is 35.5. The third kappa shape index (κ3) is 5.91. The monoisotopic (exact) mass is 448 g/mol. The van der Waals surface area contributed by atoms with Gasteiger partial charge in [0.15, 0.2) is 9.84 Å². The maximum Gasteiger partial charge on any atom is 0.261 e. The summed E-state index contributed by atoms with van der Waals surface area (Å²) in [5.74, 6) is -1.50. The van der Waals surface area contributed by atoms with Crippen LogP contribution in [0.15, 0.2) is 47.4 Å². The Kier molecular flexibility index (Phi) is 7.02. The number of amides is 1. The summed E-state index contributed by atoms with van der Waals surface area (Å²) in [6, 6.07) is 8.25. The Labute approximate surface area is 167 Å². The van der Waals surface area contributed by atoms with Crippen LogP contribution in [0.2, 0.25) is 5.02 Å². The second-order valence-electron chi connectivity index (χ2n) is 5.75. The number of nitrogens with one attached hydrogen (secondary N) is 2. The van der Waals surface area contributed by atoms with Crippen LogP contribution in [0, 0.1) is 5.82 Å². The van der Waals surface area contributed by atoms with Crippen molar-refractivity contribution in [2.45, 2.75) is 11.8 Å². The zero-order valence-corrected chi connectivity index (χ0v) is 17.2. The van der Waals surface area contributed by atoms with Crippen LogP contribution >= 0.6 is 11.6 Å². The lowest BCUT2D eigenvalue weighted by atomic mass is 10.2.